The molecule has 0 radical (unpaired) electrons. The molecule has 0 spiro atoms. The van der Waals surface area contributed by atoms with E-state index in [0.29, 0.717) is 22.0 Å². The van der Waals surface area contributed by atoms with E-state index in [4.69, 9.17) is 21.1 Å². The monoisotopic (exact) mass is 438 g/mol. The van der Waals surface area contributed by atoms with Crippen LogP contribution < -0.4 is 10.2 Å². The standard InChI is InChI=1S/C23H19ClN2O5/c1-30-22(28)19-8-3-4-13-26(20(19)23(29)31-2)18-11-9-17(10-12-18)25-21(27)15-6-5-7-16(24)14-15/h3-14H,1-2H3,(H,25,27). The number of ether oxygens (including phenoxy) is 2. The van der Waals surface area contributed by atoms with Crippen LogP contribution >= 0.6 is 11.6 Å². The summed E-state index contributed by atoms with van der Waals surface area (Å²) in [4.78, 5) is 38.6. The predicted octanol–water partition coefficient (Wildman–Crippen LogP) is 4.08. The molecule has 7 nitrogen and oxygen atoms in total. The Hall–Kier alpha value is -3.84. The normalized spacial score (nSPS) is 12.9. The van der Waals surface area contributed by atoms with Crippen LogP contribution in [0.1, 0.15) is 10.4 Å². The van der Waals surface area contributed by atoms with Crippen LogP contribution in [0.2, 0.25) is 5.02 Å². The van der Waals surface area contributed by atoms with Crippen LogP contribution in [0.25, 0.3) is 0 Å². The van der Waals surface area contributed by atoms with Crippen LogP contribution in [-0.2, 0) is 19.1 Å². The molecule has 0 saturated carbocycles. The van der Waals surface area contributed by atoms with E-state index >= 15 is 0 Å². The Morgan fingerprint density at radius 3 is 2.29 bits per heavy atom. The van der Waals surface area contributed by atoms with Crippen LogP contribution in [0.5, 0.6) is 0 Å². The fourth-order valence-corrected chi connectivity index (χ4v) is 3.09. The van der Waals surface area contributed by atoms with Gasteiger partial charge in [0.1, 0.15) is 5.70 Å². The van der Waals surface area contributed by atoms with E-state index in [0.717, 1.165) is 0 Å². The first-order valence-electron chi connectivity index (χ1n) is 9.16. The summed E-state index contributed by atoms with van der Waals surface area (Å²) in [6, 6.07) is 13.4. The van der Waals surface area contributed by atoms with Gasteiger partial charge >= 0.3 is 11.9 Å². The summed E-state index contributed by atoms with van der Waals surface area (Å²) in [6.07, 6.45) is 6.40. The van der Waals surface area contributed by atoms with E-state index in [1.54, 1.807) is 66.9 Å². The molecule has 1 aliphatic rings. The van der Waals surface area contributed by atoms with Crippen molar-refractivity contribution < 1.29 is 23.9 Å². The van der Waals surface area contributed by atoms with Crippen LogP contribution in [0.15, 0.2) is 84.2 Å². The van der Waals surface area contributed by atoms with Crippen molar-refractivity contribution in [2.75, 3.05) is 24.4 Å². The number of nitrogens with one attached hydrogen (secondary N) is 1. The fourth-order valence-electron chi connectivity index (χ4n) is 2.90. The zero-order valence-corrected chi connectivity index (χ0v) is 17.6. The molecular formula is C23H19ClN2O5. The fraction of sp³-hybridized carbons (Fsp3) is 0.0870. The molecule has 3 rings (SSSR count). The second kappa shape index (κ2) is 9.77. The Labute approximate surface area is 184 Å². The molecule has 1 N–H and O–H groups in total. The minimum Gasteiger partial charge on any atom is -0.465 e. The van der Waals surface area contributed by atoms with E-state index < -0.39 is 11.9 Å². The van der Waals surface area contributed by atoms with Gasteiger partial charge in [-0.05, 0) is 54.6 Å². The molecule has 0 saturated heterocycles. The van der Waals surface area contributed by atoms with Crippen LogP contribution in [0.3, 0.4) is 0 Å². The summed E-state index contributed by atoms with van der Waals surface area (Å²) >= 11 is 5.94. The van der Waals surface area contributed by atoms with Gasteiger partial charge in [0.15, 0.2) is 0 Å². The number of benzene rings is 2. The highest BCUT2D eigenvalue weighted by Crippen LogP contribution is 2.27. The zero-order valence-electron chi connectivity index (χ0n) is 16.8. The lowest BCUT2D eigenvalue weighted by Crippen LogP contribution is -2.26. The Kier molecular flexibility index (Phi) is 6.89. The summed E-state index contributed by atoms with van der Waals surface area (Å²) in [5, 5.41) is 3.25. The van der Waals surface area contributed by atoms with Crippen molar-refractivity contribution in [3.05, 3.63) is 94.8 Å². The Morgan fingerprint density at radius 1 is 0.935 bits per heavy atom. The number of nitrogens with zero attached hydrogens (tertiary/aromatic N) is 1. The first-order valence-corrected chi connectivity index (χ1v) is 9.54. The predicted molar refractivity (Wildman–Crippen MR) is 118 cm³/mol. The topological polar surface area (TPSA) is 84.9 Å². The highest BCUT2D eigenvalue weighted by molar-refractivity contribution is 6.31. The molecule has 1 amide bonds. The number of allylic oxidation sites excluding steroid dienone is 2. The van der Waals surface area contributed by atoms with Gasteiger partial charge in [-0.2, -0.15) is 0 Å². The molecule has 0 bridgehead atoms. The second-order valence-corrected chi connectivity index (χ2v) is 6.76. The number of halogens is 1. The lowest BCUT2D eigenvalue weighted by Gasteiger charge is -2.23. The number of hydrogen-bond acceptors (Lipinski definition) is 6. The molecule has 31 heavy (non-hydrogen) atoms. The van der Waals surface area contributed by atoms with Gasteiger partial charge in [0.2, 0.25) is 0 Å². The highest BCUT2D eigenvalue weighted by atomic mass is 35.5. The molecule has 2 aromatic rings. The summed E-state index contributed by atoms with van der Waals surface area (Å²) in [5.74, 6) is -1.68. The maximum absolute atomic E-state index is 12.5. The molecule has 2 aromatic carbocycles. The second-order valence-electron chi connectivity index (χ2n) is 6.33. The van der Waals surface area contributed by atoms with Crippen molar-refractivity contribution in [1.82, 2.24) is 0 Å². The van der Waals surface area contributed by atoms with Crippen molar-refractivity contribution >= 4 is 40.8 Å². The molecular weight excluding hydrogens is 420 g/mol. The number of methoxy groups -OCH3 is 2. The quantitative estimate of drug-likeness (QED) is 0.708. The number of carbonyl (C=O) groups excluding carboxylic acids is 3. The molecule has 0 fully saturated rings. The first kappa shape index (κ1) is 21.9. The molecule has 1 heterocycles. The minimum atomic E-state index is -0.699. The molecule has 0 aliphatic carbocycles. The van der Waals surface area contributed by atoms with Gasteiger partial charge in [-0.15, -0.1) is 0 Å². The van der Waals surface area contributed by atoms with Crippen molar-refractivity contribution in [2.24, 2.45) is 0 Å². The van der Waals surface area contributed by atoms with E-state index in [-0.39, 0.29) is 17.2 Å². The third-order valence-corrected chi connectivity index (χ3v) is 4.61. The molecule has 0 unspecified atom stereocenters. The van der Waals surface area contributed by atoms with E-state index in [2.05, 4.69) is 5.32 Å². The van der Waals surface area contributed by atoms with Crippen molar-refractivity contribution in [3.8, 4) is 0 Å². The van der Waals surface area contributed by atoms with Crippen LogP contribution in [0.4, 0.5) is 11.4 Å². The number of anilines is 2. The largest absolute Gasteiger partial charge is 0.465 e. The average molecular weight is 439 g/mol. The first-order chi connectivity index (χ1) is 14.9. The van der Waals surface area contributed by atoms with Crippen molar-refractivity contribution in [1.29, 1.82) is 0 Å². The molecule has 0 atom stereocenters. The van der Waals surface area contributed by atoms with Gasteiger partial charge in [-0.1, -0.05) is 23.7 Å². The third-order valence-electron chi connectivity index (χ3n) is 4.38. The Balaban J connectivity index is 1.90. The summed E-state index contributed by atoms with van der Waals surface area (Å²) < 4.78 is 9.68. The Bertz CT molecular complexity index is 1100. The zero-order chi connectivity index (χ0) is 22.4. The van der Waals surface area contributed by atoms with Gasteiger partial charge in [0.25, 0.3) is 5.91 Å². The summed E-state index contributed by atoms with van der Waals surface area (Å²) in [5.41, 5.74) is 1.61. The van der Waals surface area contributed by atoms with E-state index in [1.807, 2.05) is 0 Å². The van der Waals surface area contributed by atoms with Crippen molar-refractivity contribution in [2.45, 2.75) is 0 Å². The number of carbonyl (C=O) groups is 3. The van der Waals surface area contributed by atoms with Crippen LogP contribution in [0, 0.1) is 0 Å². The summed E-state index contributed by atoms with van der Waals surface area (Å²) in [7, 11) is 2.47. The molecule has 0 aromatic heterocycles. The maximum Gasteiger partial charge on any atom is 0.355 e. The number of esters is 2. The lowest BCUT2D eigenvalue weighted by molar-refractivity contribution is -0.139. The molecule has 8 heteroatoms. The van der Waals surface area contributed by atoms with E-state index in [9.17, 15) is 14.4 Å². The van der Waals surface area contributed by atoms with Gasteiger partial charge in [-0.25, -0.2) is 9.59 Å². The maximum atomic E-state index is 12.5. The number of hydrogen-bond donors (Lipinski definition) is 1. The average Bonchev–Trinajstić information content (AvgIpc) is 3.01. The van der Waals surface area contributed by atoms with Gasteiger partial charge in [0, 0.05) is 28.2 Å². The van der Waals surface area contributed by atoms with Crippen LogP contribution in [-0.4, -0.2) is 32.1 Å². The Morgan fingerprint density at radius 2 is 1.65 bits per heavy atom. The smallest absolute Gasteiger partial charge is 0.355 e. The number of amides is 1. The van der Waals surface area contributed by atoms with Gasteiger partial charge in [-0.3, -0.25) is 4.79 Å². The van der Waals surface area contributed by atoms with Crippen molar-refractivity contribution in [3.63, 3.8) is 0 Å². The SMILES string of the molecule is COC(=O)C1=C(C(=O)OC)N(c2ccc(NC(=O)c3cccc(Cl)c3)cc2)C=CC=C1. The number of rotatable bonds is 5. The van der Waals surface area contributed by atoms with Gasteiger partial charge in [0.05, 0.1) is 19.8 Å². The highest BCUT2D eigenvalue weighted by Gasteiger charge is 2.27. The lowest BCUT2D eigenvalue weighted by atomic mass is 10.1. The van der Waals surface area contributed by atoms with Gasteiger partial charge < -0.3 is 19.7 Å². The summed E-state index contributed by atoms with van der Waals surface area (Å²) in [6.45, 7) is 0. The minimum absolute atomic E-state index is 0.00932. The third kappa shape index (κ3) is 5.02. The molecule has 158 valence electrons. The molecule has 1 aliphatic heterocycles. The van der Waals surface area contributed by atoms with E-state index in [1.165, 1.54) is 25.2 Å².